The lowest BCUT2D eigenvalue weighted by atomic mass is 9.81. The second-order valence-electron chi connectivity index (χ2n) is 7.40. The Morgan fingerprint density at radius 1 is 0.923 bits per heavy atom. The van der Waals surface area contributed by atoms with Crippen LogP contribution in [0.2, 0.25) is 10.0 Å². The maximum atomic E-state index is 12.7. The van der Waals surface area contributed by atoms with Crippen LogP contribution in [0.3, 0.4) is 0 Å². The van der Waals surface area contributed by atoms with Crippen molar-refractivity contribution in [3.05, 3.63) is 28.2 Å². The average molecular weight is 397 g/mol. The summed E-state index contributed by atoms with van der Waals surface area (Å²) in [6.07, 6.45) is 7.77. The highest BCUT2D eigenvalue weighted by Gasteiger charge is 2.32. The molecule has 0 spiro atoms. The van der Waals surface area contributed by atoms with Gasteiger partial charge < -0.3 is 10.2 Å². The second kappa shape index (κ2) is 9.09. The third-order valence-corrected chi connectivity index (χ3v) is 6.10. The van der Waals surface area contributed by atoms with Crippen LogP contribution in [0.1, 0.15) is 51.4 Å². The first-order valence-corrected chi connectivity index (χ1v) is 10.3. The molecule has 1 heterocycles. The van der Waals surface area contributed by atoms with E-state index in [1.165, 1.54) is 12.8 Å². The van der Waals surface area contributed by atoms with Gasteiger partial charge in [0.15, 0.2) is 0 Å². The largest absolute Gasteiger partial charge is 0.342 e. The predicted octanol–water partition coefficient (Wildman–Crippen LogP) is 5.14. The zero-order valence-corrected chi connectivity index (χ0v) is 16.5. The fourth-order valence-electron chi connectivity index (χ4n) is 3.98. The molecule has 1 N–H and O–H groups in total. The Morgan fingerprint density at radius 3 is 2.15 bits per heavy atom. The van der Waals surface area contributed by atoms with Crippen molar-refractivity contribution in [1.29, 1.82) is 0 Å². The van der Waals surface area contributed by atoms with Gasteiger partial charge in [-0.05, 0) is 56.7 Å². The van der Waals surface area contributed by atoms with Crippen LogP contribution >= 0.6 is 23.2 Å². The molecule has 3 rings (SSSR count). The lowest BCUT2D eigenvalue weighted by molar-refractivity contribution is -0.137. The van der Waals surface area contributed by atoms with Crippen LogP contribution in [0.25, 0.3) is 0 Å². The number of amides is 2. The molecule has 0 bridgehead atoms. The summed E-state index contributed by atoms with van der Waals surface area (Å²) in [6, 6.07) is 5.05. The van der Waals surface area contributed by atoms with E-state index in [1.54, 1.807) is 18.2 Å². The van der Waals surface area contributed by atoms with E-state index in [1.807, 2.05) is 4.90 Å². The van der Waals surface area contributed by atoms with Crippen molar-refractivity contribution in [2.24, 2.45) is 11.8 Å². The molecule has 0 aromatic heterocycles. The van der Waals surface area contributed by atoms with Crippen molar-refractivity contribution in [2.45, 2.75) is 51.4 Å². The van der Waals surface area contributed by atoms with Crippen LogP contribution in [0.5, 0.6) is 0 Å². The Kier molecular flexibility index (Phi) is 6.82. The van der Waals surface area contributed by atoms with Gasteiger partial charge in [-0.2, -0.15) is 0 Å². The summed E-state index contributed by atoms with van der Waals surface area (Å²) in [6.45, 7) is 1.79. The molecule has 1 aromatic rings. The molecule has 6 heteroatoms. The first kappa shape index (κ1) is 19.5. The van der Waals surface area contributed by atoms with E-state index in [2.05, 4.69) is 5.32 Å². The molecule has 2 amide bonds. The highest BCUT2D eigenvalue weighted by molar-refractivity contribution is 6.36. The third-order valence-electron chi connectivity index (χ3n) is 5.55. The number of carbonyl (C=O) groups is 2. The zero-order valence-electron chi connectivity index (χ0n) is 15.0. The number of hydrogen-bond acceptors (Lipinski definition) is 2. The van der Waals surface area contributed by atoms with E-state index in [9.17, 15) is 9.59 Å². The average Bonchev–Trinajstić information content (AvgIpc) is 2.93. The van der Waals surface area contributed by atoms with Crippen molar-refractivity contribution in [2.75, 3.05) is 18.4 Å². The van der Waals surface area contributed by atoms with Crippen molar-refractivity contribution in [3.8, 4) is 0 Å². The summed E-state index contributed by atoms with van der Waals surface area (Å²) >= 11 is 12.0. The van der Waals surface area contributed by atoms with Gasteiger partial charge in [0, 0.05) is 29.9 Å². The Labute approximate surface area is 165 Å². The molecule has 0 atom stereocenters. The van der Waals surface area contributed by atoms with E-state index in [-0.39, 0.29) is 17.7 Å². The van der Waals surface area contributed by atoms with Crippen molar-refractivity contribution in [3.63, 3.8) is 0 Å². The lowest BCUT2D eigenvalue weighted by Crippen LogP contribution is -2.39. The number of nitrogens with zero attached hydrogens (tertiary/aromatic N) is 1. The number of likely N-dealkylation sites (tertiary alicyclic amines) is 1. The lowest BCUT2D eigenvalue weighted by Gasteiger charge is -2.31. The minimum Gasteiger partial charge on any atom is -0.342 e. The summed E-state index contributed by atoms with van der Waals surface area (Å²) in [5, 5.41) is 3.88. The number of anilines is 1. The number of nitrogens with one attached hydrogen (secondary N) is 1. The maximum Gasteiger partial charge on any atom is 0.227 e. The molecular weight excluding hydrogens is 371 g/mol. The quantitative estimate of drug-likeness (QED) is 0.768. The fourth-order valence-corrected chi connectivity index (χ4v) is 4.43. The van der Waals surface area contributed by atoms with Crippen molar-refractivity contribution < 1.29 is 9.59 Å². The standard InChI is InChI=1S/C20H26Cl2N2O2/c21-16-9-10-18(17(22)13-16)23-19(25)14-5-7-15(8-6-14)20(26)24-11-3-1-2-4-12-24/h9-10,13-15H,1-8,11-12H2,(H,23,25). The molecule has 1 aromatic carbocycles. The van der Waals surface area contributed by atoms with Gasteiger partial charge in [0.1, 0.15) is 0 Å². The number of hydrogen-bond donors (Lipinski definition) is 1. The van der Waals surface area contributed by atoms with Gasteiger partial charge in [-0.25, -0.2) is 0 Å². The van der Waals surface area contributed by atoms with Crippen LogP contribution in [0.15, 0.2) is 18.2 Å². The molecule has 1 aliphatic heterocycles. The second-order valence-corrected chi connectivity index (χ2v) is 8.25. The Morgan fingerprint density at radius 2 is 1.54 bits per heavy atom. The molecule has 2 fully saturated rings. The normalized spacial score (nSPS) is 24.0. The maximum absolute atomic E-state index is 12.7. The number of halogens is 2. The summed E-state index contributed by atoms with van der Waals surface area (Å²) in [5.41, 5.74) is 0.587. The van der Waals surface area contributed by atoms with E-state index in [0.717, 1.165) is 51.6 Å². The van der Waals surface area contributed by atoms with Crippen LogP contribution in [0.4, 0.5) is 5.69 Å². The molecule has 1 saturated carbocycles. The number of rotatable bonds is 3. The van der Waals surface area contributed by atoms with Crippen LogP contribution in [-0.4, -0.2) is 29.8 Å². The first-order valence-electron chi connectivity index (χ1n) is 9.59. The van der Waals surface area contributed by atoms with Gasteiger partial charge in [-0.1, -0.05) is 36.0 Å². The SMILES string of the molecule is O=C(Nc1ccc(Cl)cc1Cl)C1CCC(C(=O)N2CCCCCC2)CC1. The van der Waals surface area contributed by atoms with Gasteiger partial charge >= 0.3 is 0 Å². The molecule has 1 saturated heterocycles. The van der Waals surface area contributed by atoms with Crippen LogP contribution < -0.4 is 5.32 Å². The first-order chi connectivity index (χ1) is 12.5. The molecule has 26 heavy (non-hydrogen) atoms. The summed E-state index contributed by atoms with van der Waals surface area (Å²) in [4.78, 5) is 27.3. The molecule has 1 aliphatic carbocycles. The predicted molar refractivity (Wildman–Crippen MR) is 106 cm³/mol. The Hall–Kier alpha value is -1.26. The highest BCUT2D eigenvalue weighted by atomic mass is 35.5. The Balaban J connectivity index is 1.51. The van der Waals surface area contributed by atoms with Crippen molar-refractivity contribution >= 4 is 40.7 Å². The van der Waals surface area contributed by atoms with Gasteiger partial charge in [0.05, 0.1) is 10.7 Å². The van der Waals surface area contributed by atoms with Crippen LogP contribution in [0, 0.1) is 11.8 Å². The monoisotopic (exact) mass is 396 g/mol. The minimum atomic E-state index is -0.0603. The van der Waals surface area contributed by atoms with Crippen molar-refractivity contribution in [1.82, 2.24) is 4.90 Å². The fraction of sp³-hybridized carbons (Fsp3) is 0.600. The minimum absolute atomic E-state index is 0.0186. The summed E-state index contributed by atoms with van der Waals surface area (Å²) < 4.78 is 0. The smallest absolute Gasteiger partial charge is 0.227 e. The third kappa shape index (κ3) is 4.92. The van der Waals surface area contributed by atoms with E-state index < -0.39 is 0 Å². The van der Waals surface area contributed by atoms with E-state index >= 15 is 0 Å². The Bertz CT molecular complexity index is 649. The molecule has 2 aliphatic rings. The number of benzene rings is 1. The van der Waals surface area contributed by atoms with E-state index in [0.29, 0.717) is 21.6 Å². The molecule has 142 valence electrons. The van der Waals surface area contributed by atoms with E-state index in [4.69, 9.17) is 23.2 Å². The molecular formula is C20H26Cl2N2O2. The van der Waals surface area contributed by atoms with Gasteiger partial charge in [0.2, 0.25) is 11.8 Å². The zero-order chi connectivity index (χ0) is 18.5. The topological polar surface area (TPSA) is 49.4 Å². The number of carbonyl (C=O) groups excluding carboxylic acids is 2. The van der Waals surface area contributed by atoms with Gasteiger partial charge in [-0.3, -0.25) is 9.59 Å². The highest BCUT2D eigenvalue weighted by Crippen LogP contribution is 2.32. The summed E-state index contributed by atoms with van der Waals surface area (Å²) in [5.74, 6) is 0.299. The van der Waals surface area contributed by atoms with Gasteiger partial charge in [-0.15, -0.1) is 0 Å². The molecule has 0 unspecified atom stereocenters. The van der Waals surface area contributed by atoms with Gasteiger partial charge in [0.25, 0.3) is 0 Å². The molecule has 0 radical (unpaired) electrons. The molecule has 4 nitrogen and oxygen atoms in total. The summed E-state index contributed by atoms with van der Waals surface area (Å²) in [7, 11) is 0. The van der Waals surface area contributed by atoms with Crippen LogP contribution in [-0.2, 0) is 9.59 Å².